The first-order valence-corrected chi connectivity index (χ1v) is 6.92. The predicted octanol–water partition coefficient (Wildman–Crippen LogP) is 2.28. The number of hydrogen-bond donors (Lipinski definition) is 1. The molecule has 0 radical (unpaired) electrons. The molecule has 0 spiro atoms. The number of fused-ring (bicyclic) bond motifs is 1. The molecule has 5 nitrogen and oxygen atoms in total. The summed E-state index contributed by atoms with van der Waals surface area (Å²) in [5.74, 6) is 0.145. The van der Waals surface area contributed by atoms with Gasteiger partial charge in [0.05, 0.1) is 17.2 Å². The number of carbonyl (C=O) groups excluding carboxylic acids is 1. The van der Waals surface area contributed by atoms with Gasteiger partial charge in [0.1, 0.15) is 6.04 Å². The third-order valence-electron chi connectivity index (χ3n) is 3.68. The van der Waals surface area contributed by atoms with Gasteiger partial charge >= 0.3 is 0 Å². The summed E-state index contributed by atoms with van der Waals surface area (Å²) in [7, 11) is 0. The van der Waals surface area contributed by atoms with E-state index in [1.807, 2.05) is 22.5 Å². The van der Waals surface area contributed by atoms with Gasteiger partial charge in [-0.2, -0.15) is 0 Å². The van der Waals surface area contributed by atoms with Gasteiger partial charge in [0.25, 0.3) is 0 Å². The van der Waals surface area contributed by atoms with Crippen LogP contribution in [0.2, 0.25) is 0 Å². The fraction of sp³-hybridized carbons (Fsp3) is 0.462. The quantitative estimate of drug-likeness (QED) is 0.856. The Morgan fingerprint density at radius 3 is 2.95 bits per heavy atom. The van der Waals surface area contributed by atoms with Gasteiger partial charge < -0.3 is 14.5 Å². The fourth-order valence-electron chi connectivity index (χ4n) is 2.68. The van der Waals surface area contributed by atoms with Gasteiger partial charge in [-0.15, -0.1) is 0 Å². The maximum absolute atomic E-state index is 12.5. The van der Waals surface area contributed by atoms with Crippen LogP contribution in [0.3, 0.4) is 0 Å². The van der Waals surface area contributed by atoms with Crippen LogP contribution >= 0.6 is 12.2 Å². The zero-order valence-corrected chi connectivity index (χ0v) is 11.6. The molecule has 1 unspecified atom stereocenters. The van der Waals surface area contributed by atoms with Gasteiger partial charge in [-0.1, -0.05) is 0 Å². The van der Waals surface area contributed by atoms with Gasteiger partial charge in [0, 0.05) is 19.3 Å². The Morgan fingerprint density at radius 2 is 2.21 bits per heavy atom. The average molecular weight is 276 g/mol. The number of aromatic amines is 1. The normalized spacial score (nSPS) is 17.0. The van der Waals surface area contributed by atoms with Gasteiger partial charge in [0.15, 0.2) is 4.77 Å². The number of nitrogens with one attached hydrogen (secondary N) is 1. The Bertz CT molecular complexity index is 669. The van der Waals surface area contributed by atoms with E-state index in [0.717, 1.165) is 37.0 Å². The van der Waals surface area contributed by atoms with Crippen LogP contribution in [0.4, 0.5) is 0 Å². The highest BCUT2D eigenvalue weighted by atomic mass is 32.1. The van der Waals surface area contributed by atoms with Crippen molar-refractivity contribution in [3.05, 3.63) is 23.2 Å². The molecule has 2 aromatic rings. The van der Waals surface area contributed by atoms with Crippen LogP contribution in [0.1, 0.15) is 25.8 Å². The van der Waals surface area contributed by atoms with Crippen molar-refractivity contribution in [3.63, 3.8) is 0 Å². The molecule has 19 heavy (non-hydrogen) atoms. The molecular weight excluding hydrogens is 260 g/mol. The molecule has 3 rings (SSSR count). The van der Waals surface area contributed by atoms with E-state index in [2.05, 4.69) is 9.97 Å². The molecule has 100 valence electrons. The lowest BCUT2D eigenvalue weighted by Gasteiger charge is -2.21. The monoisotopic (exact) mass is 276 g/mol. The molecule has 1 aliphatic heterocycles. The number of hydrogen-bond acceptors (Lipinski definition) is 3. The van der Waals surface area contributed by atoms with Crippen LogP contribution in [-0.2, 0) is 4.79 Å². The van der Waals surface area contributed by atoms with Crippen molar-refractivity contribution in [1.82, 2.24) is 19.4 Å². The smallest absolute Gasteiger partial charge is 0.245 e. The van der Waals surface area contributed by atoms with Crippen LogP contribution in [-0.4, -0.2) is 38.4 Å². The maximum atomic E-state index is 12.5. The van der Waals surface area contributed by atoms with Crippen molar-refractivity contribution >= 4 is 29.2 Å². The highest BCUT2D eigenvalue weighted by molar-refractivity contribution is 7.71. The van der Waals surface area contributed by atoms with Crippen LogP contribution < -0.4 is 0 Å². The minimum Gasteiger partial charge on any atom is -0.341 e. The van der Waals surface area contributed by atoms with Crippen LogP contribution in [0.15, 0.2) is 18.5 Å². The summed E-state index contributed by atoms with van der Waals surface area (Å²) in [4.78, 5) is 21.6. The molecule has 6 heteroatoms. The molecule has 0 saturated carbocycles. The summed E-state index contributed by atoms with van der Waals surface area (Å²) < 4.78 is 2.45. The summed E-state index contributed by atoms with van der Waals surface area (Å²) in [5.41, 5.74) is 1.80. The van der Waals surface area contributed by atoms with Crippen LogP contribution in [0, 0.1) is 4.77 Å². The molecule has 1 atom stereocenters. The van der Waals surface area contributed by atoms with Gasteiger partial charge in [-0.05, 0) is 38.0 Å². The van der Waals surface area contributed by atoms with Crippen molar-refractivity contribution < 1.29 is 4.79 Å². The van der Waals surface area contributed by atoms with E-state index < -0.39 is 0 Å². The predicted molar refractivity (Wildman–Crippen MR) is 75.4 cm³/mol. The molecule has 1 aliphatic rings. The van der Waals surface area contributed by atoms with Crippen molar-refractivity contribution in [1.29, 1.82) is 0 Å². The Hall–Kier alpha value is -1.69. The molecule has 1 saturated heterocycles. The van der Waals surface area contributed by atoms with Gasteiger partial charge in [-0.25, -0.2) is 0 Å². The number of rotatable bonds is 2. The molecule has 1 N–H and O–H groups in total. The summed E-state index contributed by atoms with van der Waals surface area (Å²) in [6, 6.07) is 1.61. The van der Waals surface area contributed by atoms with Gasteiger partial charge in [-0.3, -0.25) is 9.78 Å². The summed E-state index contributed by atoms with van der Waals surface area (Å²) in [6.45, 7) is 3.63. The lowest BCUT2D eigenvalue weighted by molar-refractivity contribution is -0.133. The number of imidazole rings is 1. The molecule has 3 heterocycles. The number of nitrogens with zero attached hydrogens (tertiary/aromatic N) is 3. The van der Waals surface area contributed by atoms with E-state index in [0.29, 0.717) is 4.77 Å². The average Bonchev–Trinajstić information content (AvgIpc) is 3.03. The molecule has 1 amide bonds. The molecule has 0 bridgehead atoms. The number of pyridine rings is 1. The second-order valence-corrected chi connectivity index (χ2v) is 5.29. The standard InChI is InChI=1S/C13H16N4OS/c1-9(12(18)16-6-2-3-7-16)17-11-4-5-14-8-10(11)15-13(17)19/h4-5,8-9H,2-3,6-7H2,1H3,(H,15,19). The molecule has 0 aromatic carbocycles. The zero-order valence-electron chi connectivity index (χ0n) is 10.8. The third-order valence-corrected chi connectivity index (χ3v) is 3.98. The van der Waals surface area contributed by atoms with Crippen molar-refractivity contribution in [2.24, 2.45) is 0 Å². The molecular formula is C13H16N4OS. The fourth-order valence-corrected chi connectivity index (χ4v) is 3.04. The SMILES string of the molecule is CC(C(=O)N1CCCC1)n1c(=S)[nH]c2cnccc21. The number of amides is 1. The van der Waals surface area contributed by atoms with Gasteiger partial charge in [0.2, 0.25) is 5.91 Å². The Balaban J connectivity index is 2.01. The van der Waals surface area contributed by atoms with E-state index >= 15 is 0 Å². The van der Waals surface area contributed by atoms with E-state index in [-0.39, 0.29) is 11.9 Å². The lowest BCUT2D eigenvalue weighted by Crippen LogP contribution is -2.33. The summed E-state index contributed by atoms with van der Waals surface area (Å²) in [5, 5.41) is 0. The van der Waals surface area contributed by atoms with E-state index in [1.54, 1.807) is 12.4 Å². The molecule has 2 aromatic heterocycles. The minimum atomic E-state index is -0.276. The highest BCUT2D eigenvalue weighted by Crippen LogP contribution is 2.21. The Morgan fingerprint density at radius 1 is 1.47 bits per heavy atom. The van der Waals surface area contributed by atoms with E-state index in [1.165, 1.54) is 0 Å². The topological polar surface area (TPSA) is 53.9 Å². The molecule has 1 fully saturated rings. The Kier molecular flexibility index (Phi) is 3.10. The van der Waals surface area contributed by atoms with E-state index in [4.69, 9.17) is 12.2 Å². The third kappa shape index (κ3) is 2.06. The second-order valence-electron chi connectivity index (χ2n) is 4.90. The lowest BCUT2D eigenvalue weighted by atomic mass is 10.2. The Labute approximate surface area is 116 Å². The largest absolute Gasteiger partial charge is 0.341 e. The zero-order chi connectivity index (χ0) is 13.4. The first-order chi connectivity index (χ1) is 9.18. The van der Waals surface area contributed by atoms with E-state index in [9.17, 15) is 4.79 Å². The van der Waals surface area contributed by atoms with Crippen LogP contribution in [0.25, 0.3) is 11.0 Å². The summed E-state index contributed by atoms with van der Waals surface area (Å²) >= 11 is 5.33. The number of carbonyl (C=O) groups is 1. The number of aromatic nitrogens is 3. The van der Waals surface area contributed by atoms with Crippen LogP contribution in [0.5, 0.6) is 0 Å². The first-order valence-electron chi connectivity index (χ1n) is 6.51. The number of H-pyrrole nitrogens is 1. The van der Waals surface area contributed by atoms with Crippen molar-refractivity contribution in [2.45, 2.75) is 25.8 Å². The summed E-state index contributed by atoms with van der Waals surface area (Å²) in [6.07, 6.45) is 5.65. The first kappa shape index (κ1) is 12.3. The van der Waals surface area contributed by atoms with Crippen molar-refractivity contribution in [3.8, 4) is 0 Å². The minimum absolute atomic E-state index is 0.145. The second kappa shape index (κ2) is 4.77. The number of likely N-dealkylation sites (tertiary alicyclic amines) is 1. The maximum Gasteiger partial charge on any atom is 0.245 e. The van der Waals surface area contributed by atoms with Crippen molar-refractivity contribution in [2.75, 3.05) is 13.1 Å². The highest BCUT2D eigenvalue weighted by Gasteiger charge is 2.25. The molecule has 0 aliphatic carbocycles.